The van der Waals surface area contributed by atoms with Gasteiger partial charge in [0.15, 0.2) is 0 Å². The van der Waals surface area contributed by atoms with Crippen molar-refractivity contribution in [3.8, 4) is 0 Å². The third-order valence-corrected chi connectivity index (χ3v) is 4.80. The fraction of sp³-hybridized carbons (Fsp3) is 0.562. The number of fused-ring (bicyclic) bond motifs is 1. The second kappa shape index (κ2) is 6.64. The highest BCUT2D eigenvalue weighted by Gasteiger charge is 2.28. The maximum absolute atomic E-state index is 12.6. The number of non-ortho nitro benzene ring substituents is 1. The molecular formula is C16H21N3O4. The zero-order valence-electron chi connectivity index (χ0n) is 13.0. The number of amides is 1. The van der Waals surface area contributed by atoms with Gasteiger partial charge in [-0.15, -0.1) is 0 Å². The van der Waals surface area contributed by atoms with Crippen LogP contribution in [0.5, 0.6) is 0 Å². The molecule has 0 aliphatic carbocycles. The number of nitro benzene ring substituents is 1. The summed E-state index contributed by atoms with van der Waals surface area (Å²) < 4.78 is 0. The molecule has 1 aromatic carbocycles. The van der Waals surface area contributed by atoms with E-state index in [-0.39, 0.29) is 18.2 Å². The number of anilines is 1. The molecule has 0 saturated carbocycles. The van der Waals surface area contributed by atoms with Crippen LogP contribution in [-0.2, 0) is 11.2 Å². The summed E-state index contributed by atoms with van der Waals surface area (Å²) >= 11 is 0. The Morgan fingerprint density at radius 1 is 1.30 bits per heavy atom. The first kappa shape index (κ1) is 15.9. The number of likely N-dealkylation sites (tertiary alicyclic amines) is 1. The van der Waals surface area contributed by atoms with Crippen LogP contribution in [0.25, 0.3) is 0 Å². The molecular weight excluding hydrogens is 298 g/mol. The lowest BCUT2D eigenvalue weighted by Gasteiger charge is -2.31. The van der Waals surface area contributed by atoms with E-state index in [0.717, 1.165) is 37.9 Å². The second-order valence-electron chi connectivity index (χ2n) is 6.27. The minimum atomic E-state index is -0.430. The van der Waals surface area contributed by atoms with E-state index in [1.807, 2.05) is 0 Å². The number of carbonyl (C=O) groups excluding carboxylic acids is 1. The maximum Gasteiger partial charge on any atom is 0.271 e. The Morgan fingerprint density at radius 2 is 2.04 bits per heavy atom. The van der Waals surface area contributed by atoms with Crippen LogP contribution in [0, 0.1) is 16.0 Å². The van der Waals surface area contributed by atoms with Crippen molar-refractivity contribution in [2.24, 2.45) is 5.92 Å². The summed E-state index contributed by atoms with van der Waals surface area (Å²) in [6.45, 7) is 2.76. The Balaban J connectivity index is 1.66. The van der Waals surface area contributed by atoms with Gasteiger partial charge >= 0.3 is 0 Å². The van der Waals surface area contributed by atoms with Crippen LogP contribution in [0.1, 0.15) is 18.4 Å². The zero-order chi connectivity index (χ0) is 16.4. The molecule has 7 heteroatoms. The van der Waals surface area contributed by atoms with Gasteiger partial charge in [-0.05, 0) is 43.8 Å². The molecule has 1 amide bonds. The Hall–Kier alpha value is -1.99. The van der Waals surface area contributed by atoms with E-state index in [2.05, 4.69) is 4.90 Å². The lowest BCUT2D eigenvalue weighted by atomic mass is 9.98. The van der Waals surface area contributed by atoms with Gasteiger partial charge in [0.2, 0.25) is 5.91 Å². The molecule has 0 radical (unpaired) electrons. The van der Waals surface area contributed by atoms with Gasteiger partial charge in [0.25, 0.3) is 5.69 Å². The van der Waals surface area contributed by atoms with Crippen molar-refractivity contribution in [1.29, 1.82) is 0 Å². The van der Waals surface area contributed by atoms with Crippen molar-refractivity contribution in [1.82, 2.24) is 4.90 Å². The number of aliphatic hydroxyl groups excluding tert-OH is 1. The first-order valence-electron chi connectivity index (χ1n) is 7.99. The van der Waals surface area contributed by atoms with Crippen molar-refractivity contribution in [2.75, 3.05) is 37.7 Å². The Kier molecular flexibility index (Phi) is 4.58. The molecule has 0 aromatic heterocycles. The standard InChI is InChI=1S/C16H21N3O4/c20-11-12-3-6-17(7-4-12)10-16(21)18-8-5-13-1-2-14(19(22)23)9-15(13)18/h1-2,9,12,20H,3-8,10-11H2. The molecule has 2 aliphatic heterocycles. The van der Waals surface area contributed by atoms with Gasteiger partial charge in [-0.25, -0.2) is 0 Å². The molecule has 1 aromatic rings. The van der Waals surface area contributed by atoms with Crippen LogP contribution in [0.2, 0.25) is 0 Å². The number of benzene rings is 1. The summed E-state index contributed by atoms with van der Waals surface area (Å²) in [6, 6.07) is 4.73. The molecule has 1 saturated heterocycles. The molecule has 2 heterocycles. The number of nitrogens with zero attached hydrogens (tertiary/aromatic N) is 3. The molecule has 2 aliphatic rings. The van der Waals surface area contributed by atoms with E-state index in [9.17, 15) is 14.9 Å². The van der Waals surface area contributed by atoms with E-state index >= 15 is 0 Å². The van der Waals surface area contributed by atoms with E-state index in [1.54, 1.807) is 11.0 Å². The van der Waals surface area contributed by atoms with Crippen LogP contribution in [0.15, 0.2) is 18.2 Å². The van der Waals surface area contributed by atoms with Gasteiger partial charge in [-0.1, -0.05) is 6.07 Å². The van der Waals surface area contributed by atoms with Gasteiger partial charge in [-0.2, -0.15) is 0 Å². The average Bonchev–Trinajstić information content (AvgIpc) is 2.98. The number of hydrogen-bond acceptors (Lipinski definition) is 5. The minimum Gasteiger partial charge on any atom is -0.396 e. The second-order valence-corrected chi connectivity index (χ2v) is 6.27. The van der Waals surface area contributed by atoms with Crippen molar-refractivity contribution >= 4 is 17.3 Å². The Labute approximate surface area is 134 Å². The largest absolute Gasteiger partial charge is 0.396 e. The molecule has 0 bridgehead atoms. The summed E-state index contributed by atoms with van der Waals surface area (Å²) in [5, 5.41) is 20.1. The average molecular weight is 319 g/mol. The van der Waals surface area contributed by atoms with Crippen LogP contribution < -0.4 is 4.90 Å². The van der Waals surface area contributed by atoms with E-state index in [1.165, 1.54) is 12.1 Å². The van der Waals surface area contributed by atoms with E-state index in [4.69, 9.17) is 5.11 Å². The summed E-state index contributed by atoms with van der Waals surface area (Å²) in [4.78, 5) is 26.8. The molecule has 1 fully saturated rings. The van der Waals surface area contributed by atoms with Gasteiger partial charge in [0.1, 0.15) is 0 Å². The molecule has 3 rings (SSSR count). The Bertz CT molecular complexity index is 611. The quantitative estimate of drug-likeness (QED) is 0.665. The first-order valence-corrected chi connectivity index (χ1v) is 7.99. The van der Waals surface area contributed by atoms with Gasteiger partial charge in [0, 0.05) is 25.3 Å². The SMILES string of the molecule is O=C(CN1CCC(CO)CC1)N1CCc2ccc([N+](=O)[O-])cc21. The third-order valence-electron chi connectivity index (χ3n) is 4.80. The number of nitro groups is 1. The highest BCUT2D eigenvalue weighted by Crippen LogP contribution is 2.32. The minimum absolute atomic E-state index is 0.00769. The molecule has 23 heavy (non-hydrogen) atoms. The van der Waals surface area contributed by atoms with E-state index in [0.29, 0.717) is 24.7 Å². The summed E-state index contributed by atoms with van der Waals surface area (Å²) in [5.41, 5.74) is 1.68. The lowest BCUT2D eigenvalue weighted by molar-refractivity contribution is -0.384. The molecule has 7 nitrogen and oxygen atoms in total. The highest BCUT2D eigenvalue weighted by atomic mass is 16.6. The van der Waals surface area contributed by atoms with Crippen LogP contribution in [-0.4, -0.2) is 53.6 Å². The predicted molar refractivity (Wildman–Crippen MR) is 85.4 cm³/mol. The number of hydrogen-bond donors (Lipinski definition) is 1. The van der Waals surface area contributed by atoms with Gasteiger partial charge in [-0.3, -0.25) is 19.8 Å². The highest BCUT2D eigenvalue weighted by molar-refractivity contribution is 5.97. The fourth-order valence-corrected chi connectivity index (χ4v) is 3.34. The van der Waals surface area contributed by atoms with Crippen molar-refractivity contribution in [2.45, 2.75) is 19.3 Å². The summed E-state index contributed by atoms with van der Waals surface area (Å²) in [6.07, 6.45) is 2.56. The smallest absolute Gasteiger partial charge is 0.271 e. The number of carbonyl (C=O) groups is 1. The molecule has 0 unspecified atom stereocenters. The monoisotopic (exact) mass is 319 g/mol. The van der Waals surface area contributed by atoms with Crippen molar-refractivity contribution < 1.29 is 14.8 Å². The molecule has 0 spiro atoms. The first-order chi connectivity index (χ1) is 11.1. The third kappa shape index (κ3) is 3.35. The van der Waals surface area contributed by atoms with Crippen LogP contribution in [0.4, 0.5) is 11.4 Å². The maximum atomic E-state index is 12.6. The van der Waals surface area contributed by atoms with Gasteiger partial charge < -0.3 is 10.0 Å². The van der Waals surface area contributed by atoms with Crippen molar-refractivity contribution in [3.05, 3.63) is 33.9 Å². The normalized spacial score (nSPS) is 18.9. The van der Waals surface area contributed by atoms with Crippen molar-refractivity contribution in [3.63, 3.8) is 0 Å². The molecule has 1 N–H and O–H groups in total. The summed E-state index contributed by atoms with van der Waals surface area (Å²) in [5.74, 6) is 0.336. The number of aliphatic hydroxyl groups is 1. The number of piperidine rings is 1. The molecule has 124 valence electrons. The lowest BCUT2D eigenvalue weighted by Crippen LogP contribution is -2.43. The van der Waals surface area contributed by atoms with Crippen LogP contribution >= 0.6 is 0 Å². The zero-order valence-corrected chi connectivity index (χ0v) is 13.0. The predicted octanol–water partition coefficient (Wildman–Crippen LogP) is 1.19. The summed E-state index contributed by atoms with van der Waals surface area (Å²) in [7, 11) is 0. The van der Waals surface area contributed by atoms with Gasteiger partial charge in [0.05, 0.1) is 17.2 Å². The Morgan fingerprint density at radius 3 is 2.70 bits per heavy atom. The fourth-order valence-electron chi connectivity index (χ4n) is 3.34. The topological polar surface area (TPSA) is 86.9 Å². The van der Waals surface area contributed by atoms with Crippen LogP contribution in [0.3, 0.4) is 0 Å². The number of rotatable bonds is 4. The molecule has 0 atom stereocenters. The van der Waals surface area contributed by atoms with E-state index < -0.39 is 4.92 Å².